The van der Waals surface area contributed by atoms with Crippen LogP contribution in [-0.2, 0) is 0 Å². The molecule has 8 heteroatoms. The van der Waals surface area contributed by atoms with Crippen molar-refractivity contribution in [3.8, 4) is 6.07 Å². The van der Waals surface area contributed by atoms with E-state index in [9.17, 15) is 10.1 Å². The lowest BCUT2D eigenvalue weighted by Crippen LogP contribution is -2.44. The number of hydrazone groups is 1. The highest BCUT2D eigenvalue weighted by Crippen LogP contribution is 2.39. The molecule has 1 aliphatic rings. The Morgan fingerprint density at radius 2 is 1.81 bits per heavy atom. The van der Waals surface area contributed by atoms with Gasteiger partial charge in [0.15, 0.2) is 0 Å². The van der Waals surface area contributed by atoms with E-state index in [-0.39, 0.29) is 16.1 Å². The van der Waals surface area contributed by atoms with Crippen molar-refractivity contribution in [1.29, 1.82) is 5.26 Å². The van der Waals surface area contributed by atoms with Crippen molar-refractivity contribution in [2.24, 2.45) is 5.10 Å². The molecule has 2 amide bonds. The second-order valence-corrected chi connectivity index (χ2v) is 6.99. The molecule has 26 heavy (non-hydrogen) atoms. The summed E-state index contributed by atoms with van der Waals surface area (Å²) >= 11 is 18.8. The van der Waals surface area contributed by atoms with Crippen LogP contribution >= 0.6 is 34.8 Å². The number of amides is 2. The van der Waals surface area contributed by atoms with Crippen molar-refractivity contribution in [2.45, 2.75) is 12.8 Å². The number of carbonyl (C=O) groups is 1. The van der Waals surface area contributed by atoms with Crippen LogP contribution in [0, 0.1) is 11.3 Å². The van der Waals surface area contributed by atoms with E-state index in [2.05, 4.69) is 16.5 Å². The molecular formula is C18H13Cl3N4O. The van der Waals surface area contributed by atoms with Crippen molar-refractivity contribution < 1.29 is 4.79 Å². The van der Waals surface area contributed by atoms with Gasteiger partial charge in [0, 0.05) is 20.6 Å². The molecule has 1 aliphatic heterocycles. The number of rotatable bonds is 3. The molecule has 1 heterocycles. The van der Waals surface area contributed by atoms with Crippen LogP contribution in [0.1, 0.15) is 24.0 Å². The second kappa shape index (κ2) is 7.55. The number of urea groups is 1. The lowest BCUT2D eigenvalue weighted by atomic mass is 9.92. The van der Waals surface area contributed by atoms with E-state index in [1.807, 2.05) is 0 Å². The Bertz CT molecular complexity index is 911. The summed E-state index contributed by atoms with van der Waals surface area (Å²) in [4.78, 5) is 12.0. The molecule has 0 saturated heterocycles. The fourth-order valence-corrected chi connectivity index (χ4v) is 3.45. The number of halogens is 3. The fraction of sp³-hybridized carbons (Fsp3) is 0.167. The van der Waals surface area contributed by atoms with Crippen molar-refractivity contribution in [3.05, 3.63) is 62.6 Å². The third kappa shape index (κ3) is 3.63. The molecule has 0 saturated carbocycles. The van der Waals surface area contributed by atoms with E-state index < -0.39 is 5.92 Å². The van der Waals surface area contributed by atoms with Gasteiger partial charge >= 0.3 is 6.03 Å². The largest absolute Gasteiger partial charge is 0.342 e. The molecule has 2 aromatic carbocycles. The lowest BCUT2D eigenvalue weighted by molar-refractivity contribution is 0.246. The van der Waals surface area contributed by atoms with Crippen LogP contribution in [0.2, 0.25) is 15.1 Å². The van der Waals surface area contributed by atoms with E-state index in [1.54, 1.807) is 43.3 Å². The van der Waals surface area contributed by atoms with Crippen LogP contribution in [0.4, 0.5) is 10.5 Å². The summed E-state index contributed by atoms with van der Waals surface area (Å²) in [6, 6.07) is 11.9. The van der Waals surface area contributed by atoms with Crippen LogP contribution in [0.5, 0.6) is 0 Å². The van der Waals surface area contributed by atoms with Crippen molar-refractivity contribution in [1.82, 2.24) is 5.32 Å². The number of anilines is 1. The van der Waals surface area contributed by atoms with Gasteiger partial charge in [0.1, 0.15) is 0 Å². The van der Waals surface area contributed by atoms with Crippen LogP contribution in [0.3, 0.4) is 0 Å². The van der Waals surface area contributed by atoms with Crippen LogP contribution < -0.4 is 10.3 Å². The molecule has 0 aliphatic carbocycles. The van der Waals surface area contributed by atoms with Crippen LogP contribution in [-0.4, -0.2) is 18.3 Å². The first kappa shape index (κ1) is 18.5. The summed E-state index contributed by atoms with van der Waals surface area (Å²) in [5.41, 5.74) is 2.36. The first-order chi connectivity index (χ1) is 12.4. The van der Waals surface area contributed by atoms with Gasteiger partial charge in [0.05, 0.1) is 29.9 Å². The highest BCUT2D eigenvalue weighted by atomic mass is 35.5. The number of nitrogens with zero attached hydrogens (tertiary/aromatic N) is 3. The normalized spacial score (nSPS) is 15.1. The zero-order valence-electron chi connectivity index (χ0n) is 13.6. The van der Waals surface area contributed by atoms with Gasteiger partial charge in [-0.15, -0.1) is 0 Å². The third-order valence-electron chi connectivity index (χ3n) is 3.89. The minimum absolute atomic E-state index is 0.278. The maximum absolute atomic E-state index is 12.0. The minimum atomic E-state index is -0.665. The maximum Gasteiger partial charge on any atom is 0.342 e. The molecule has 1 atom stereocenters. The Morgan fingerprint density at radius 3 is 2.38 bits per heavy atom. The predicted molar refractivity (Wildman–Crippen MR) is 104 cm³/mol. The molecule has 0 spiro atoms. The van der Waals surface area contributed by atoms with E-state index in [0.29, 0.717) is 22.8 Å². The summed E-state index contributed by atoms with van der Waals surface area (Å²) < 4.78 is 0. The van der Waals surface area contributed by atoms with Gasteiger partial charge in [-0.05, 0) is 36.8 Å². The number of benzene rings is 2. The minimum Gasteiger partial charge on any atom is -0.331 e. The quantitative estimate of drug-likeness (QED) is 0.759. The molecule has 2 aromatic rings. The predicted octanol–water partition coefficient (Wildman–Crippen LogP) is 5.21. The Hall–Kier alpha value is -2.26. The molecule has 5 nitrogen and oxygen atoms in total. The smallest absolute Gasteiger partial charge is 0.331 e. The average Bonchev–Trinajstić information content (AvgIpc) is 2.61. The van der Waals surface area contributed by atoms with Gasteiger partial charge in [-0.25, -0.2) is 4.79 Å². The fourth-order valence-electron chi connectivity index (χ4n) is 2.63. The van der Waals surface area contributed by atoms with E-state index in [1.165, 1.54) is 5.01 Å². The van der Waals surface area contributed by atoms with E-state index in [4.69, 9.17) is 34.8 Å². The van der Waals surface area contributed by atoms with Gasteiger partial charge in [0.2, 0.25) is 0 Å². The first-order valence-electron chi connectivity index (χ1n) is 7.66. The number of hydrogen-bond acceptors (Lipinski definition) is 3. The van der Waals surface area contributed by atoms with Crippen LogP contribution in [0.25, 0.3) is 0 Å². The van der Waals surface area contributed by atoms with Gasteiger partial charge in [-0.2, -0.15) is 15.4 Å². The molecule has 1 N–H and O–H groups in total. The van der Waals surface area contributed by atoms with Crippen molar-refractivity contribution in [3.63, 3.8) is 0 Å². The van der Waals surface area contributed by atoms with Gasteiger partial charge in [0.25, 0.3) is 0 Å². The highest BCUT2D eigenvalue weighted by Gasteiger charge is 2.25. The zero-order valence-corrected chi connectivity index (χ0v) is 15.9. The molecular weight excluding hydrogens is 395 g/mol. The van der Waals surface area contributed by atoms with Gasteiger partial charge < -0.3 is 5.32 Å². The van der Waals surface area contributed by atoms with Gasteiger partial charge in [-0.1, -0.05) is 46.9 Å². The highest BCUT2D eigenvalue weighted by molar-refractivity contribution is 6.37. The summed E-state index contributed by atoms with van der Waals surface area (Å²) in [5, 5.41) is 18.9. The summed E-state index contributed by atoms with van der Waals surface area (Å²) in [6.07, 6.45) is 0. The average molecular weight is 408 g/mol. The standard InChI is InChI=1S/C18H13Cl3N4O/c1-10-9-23-18(26)25(24-10)13-6-15(20)17(16(21)7-13)14(8-22)11-2-4-12(19)5-3-11/h2-7,14H,9H2,1H3,(H,23,26). The molecule has 0 aromatic heterocycles. The topological polar surface area (TPSA) is 68.5 Å². The summed E-state index contributed by atoms with van der Waals surface area (Å²) in [7, 11) is 0. The lowest BCUT2D eigenvalue weighted by Gasteiger charge is -2.24. The summed E-state index contributed by atoms with van der Waals surface area (Å²) in [5.74, 6) is -0.665. The number of carbonyl (C=O) groups excluding carboxylic acids is 1. The molecule has 1 unspecified atom stereocenters. The second-order valence-electron chi connectivity index (χ2n) is 5.74. The molecule has 3 rings (SSSR count). The van der Waals surface area contributed by atoms with Crippen molar-refractivity contribution >= 4 is 52.2 Å². The molecule has 0 bridgehead atoms. The van der Waals surface area contributed by atoms with E-state index in [0.717, 1.165) is 11.3 Å². The molecule has 132 valence electrons. The third-order valence-corrected chi connectivity index (χ3v) is 4.77. The Kier molecular flexibility index (Phi) is 5.38. The van der Waals surface area contributed by atoms with E-state index >= 15 is 0 Å². The SMILES string of the molecule is CC1=NN(c2cc(Cl)c(C(C#N)c3ccc(Cl)cc3)c(Cl)c2)C(=O)NC1. The Morgan fingerprint density at radius 1 is 1.19 bits per heavy atom. The van der Waals surface area contributed by atoms with Crippen LogP contribution in [0.15, 0.2) is 41.5 Å². The molecule has 0 fully saturated rings. The summed E-state index contributed by atoms with van der Waals surface area (Å²) in [6.45, 7) is 2.19. The number of nitrogens with one attached hydrogen (secondary N) is 1. The maximum atomic E-state index is 12.0. The first-order valence-corrected chi connectivity index (χ1v) is 8.80. The van der Waals surface area contributed by atoms with Crippen molar-refractivity contribution in [2.75, 3.05) is 11.6 Å². The van der Waals surface area contributed by atoms with Gasteiger partial charge in [-0.3, -0.25) is 0 Å². The monoisotopic (exact) mass is 406 g/mol. The number of nitriles is 1. The number of hydrogen-bond donors (Lipinski definition) is 1. The zero-order chi connectivity index (χ0) is 18.8. The Balaban J connectivity index is 2.04. The Labute approximate surface area is 165 Å². The molecule has 0 radical (unpaired) electrons.